The molecular formula is C20H23N5O. The molecule has 134 valence electrons. The van der Waals surface area contributed by atoms with Gasteiger partial charge in [-0.25, -0.2) is 9.97 Å². The number of methoxy groups -OCH3 is 1. The van der Waals surface area contributed by atoms with Gasteiger partial charge in [-0.1, -0.05) is 12.1 Å². The third kappa shape index (κ3) is 3.23. The Hall–Kier alpha value is -2.65. The number of ether oxygens (including phenoxy) is 1. The van der Waals surface area contributed by atoms with Crippen molar-refractivity contribution in [1.29, 1.82) is 5.26 Å². The molecule has 2 unspecified atom stereocenters. The Bertz CT molecular complexity index is 801. The molecule has 2 aliphatic rings. The molecule has 0 N–H and O–H groups in total. The fourth-order valence-electron chi connectivity index (χ4n) is 4.21. The summed E-state index contributed by atoms with van der Waals surface area (Å²) in [5.74, 6) is 2.19. The summed E-state index contributed by atoms with van der Waals surface area (Å²) in [5.41, 5.74) is 1.98. The second kappa shape index (κ2) is 7.30. The molecule has 4 rings (SSSR count). The van der Waals surface area contributed by atoms with Gasteiger partial charge in [-0.3, -0.25) is 4.90 Å². The van der Waals surface area contributed by atoms with E-state index >= 15 is 0 Å². The van der Waals surface area contributed by atoms with Gasteiger partial charge in [0.2, 0.25) is 0 Å². The van der Waals surface area contributed by atoms with Crippen molar-refractivity contribution in [1.82, 2.24) is 14.9 Å². The molecule has 0 aliphatic carbocycles. The average molecular weight is 349 g/mol. The Labute approximate surface area is 154 Å². The molecule has 6 nitrogen and oxygen atoms in total. The molecule has 1 aromatic heterocycles. The molecule has 0 amide bonds. The van der Waals surface area contributed by atoms with E-state index in [1.54, 1.807) is 19.5 Å². The summed E-state index contributed by atoms with van der Waals surface area (Å²) >= 11 is 0. The van der Waals surface area contributed by atoms with Crippen molar-refractivity contribution in [2.24, 2.45) is 5.92 Å². The van der Waals surface area contributed by atoms with Crippen LogP contribution in [0.15, 0.2) is 36.7 Å². The number of rotatable bonds is 4. The van der Waals surface area contributed by atoms with Crippen LogP contribution < -0.4 is 9.64 Å². The lowest BCUT2D eigenvalue weighted by Crippen LogP contribution is -2.48. The monoisotopic (exact) mass is 349 g/mol. The summed E-state index contributed by atoms with van der Waals surface area (Å²) in [6.45, 7) is 4.01. The SMILES string of the molecule is COc1nccnc1N1CCC2CCN(Cc3ccc(C#N)cc3)C2C1. The number of likely N-dealkylation sites (tertiary alicyclic amines) is 1. The molecule has 1 aromatic carbocycles. The number of hydrogen-bond donors (Lipinski definition) is 0. The van der Waals surface area contributed by atoms with Crippen molar-refractivity contribution in [3.05, 3.63) is 47.8 Å². The minimum Gasteiger partial charge on any atom is -0.478 e. The van der Waals surface area contributed by atoms with Crippen LogP contribution >= 0.6 is 0 Å². The fraction of sp³-hybridized carbons (Fsp3) is 0.450. The van der Waals surface area contributed by atoms with Crippen LogP contribution in [0, 0.1) is 17.2 Å². The summed E-state index contributed by atoms with van der Waals surface area (Å²) in [6, 6.07) is 10.6. The summed E-state index contributed by atoms with van der Waals surface area (Å²) in [5, 5.41) is 8.96. The van der Waals surface area contributed by atoms with Crippen LogP contribution in [0.3, 0.4) is 0 Å². The van der Waals surface area contributed by atoms with E-state index in [9.17, 15) is 0 Å². The maximum atomic E-state index is 8.96. The van der Waals surface area contributed by atoms with Crippen LogP contribution in [0.1, 0.15) is 24.0 Å². The van der Waals surface area contributed by atoms with Crippen LogP contribution in [0.2, 0.25) is 0 Å². The Morgan fingerprint density at radius 2 is 1.92 bits per heavy atom. The molecule has 2 aliphatic heterocycles. The van der Waals surface area contributed by atoms with E-state index in [-0.39, 0.29) is 0 Å². The highest BCUT2D eigenvalue weighted by atomic mass is 16.5. The van der Waals surface area contributed by atoms with Crippen molar-refractivity contribution in [2.75, 3.05) is 31.6 Å². The molecular weight excluding hydrogens is 326 g/mol. The molecule has 2 aromatic rings. The van der Waals surface area contributed by atoms with Gasteiger partial charge >= 0.3 is 0 Å². The highest BCUT2D eigenvalue weighted by molar-refractivity contribution is 5.48. The summed E-state index contributed by atoms with van der Waals surface area (Å²) in [6.07, 6.45) is 5.83. The zero-order valence-corrected chi connectivity index (χ0v) is 15.0. The summed E-state index contributed by atoms with van der Waals surface area (Å²) in [4.78, 5) is 13.7. The molecule has 26 heavy (non-hydrogen) atoms. The predicted octanol–water partition coefficient (Wildman–Crippen LogP) is 2.46. The van der Waals surface area contributed by atoms with Gasteiger partial charge in [-0.15, -0.1) is 0 Å². The molecule has 6 heteroatoms. The first-order chi connectivity index (χ1) is 12.8. The largest absolute Gasteiger partial charge is 0.478 e. The van der Waals surface area contributed by atoms with Gasteiger partial charge in [0.05, 0.1) is 18.7 Å². The van der Waals surface area contributed by atoms with Gasteiger partial charge < -0.3 is 9.64 Å². The minimum atomic E-state index is 0.520. The number of aromatic nitrogens is 2. The molecule has 0 bridgehead atoms. The first-order valence-electron chi connectivity index (χ1n) is 9.11. The molecule has 0 spiro atoms. The summed E-state index contributed by atoms with van der Waals surface area (Å²) in [7, 11) is 1.65. The Morgan fingerprint density at radius 3 is 2.69 bits per heavy atom. The third-order valence-electron chi connectivity index (χ3n) is 5.59. The number of hydrogen-bond acceptors (Lipinski definition) is 6. The molecule has 0 radical (unpaired) electrons. The Morgan fingerprint density at radius 1 is 1.15 bits per heavy atom. The number of piperidine rings is 1. The molecule has 2 saturated heterocycles. The van der Waals surface area contributed by atoms with Crippen molar-refractivity contribution in [3.8, 4) is 11.9 Å². The second-order valence-electron chi connectivity index (χ2n) is 7.02. The van der Waals surface area contributed by atoms with E-state index in [1.165, 1.54) is 18.4 Å². The fourth-order valence-corrected chi connectivity index (χ4v) is 4.21. The highest BCUT2D eigenvalue weighted by Gasteiger charge is 2.39. The number of nitrogens with zero attached hydrogens (tertiary/aromatic N) is 5. The average Bonchev–Trinajstić information content (AvgIpc) is 3.10. The molecule has 2 fully saturated rings. The van der Waals surface area contributed by atoms with Crippen molar-refractivity contribution in [2.45, 2.75) is 25.4 Å². The first-order valence-corrected chi connectivity index (χ1v) is 9.11. The van der Waals surface area contributed by atoms with Crippen LogP contribution in [0.5, 0.6) is 5.88 Å². The standard InChI is InChI=1S/C20H23N5O/c1-26-20-19(22-8-9-23-20)25-11-7-17-6-10-24(18(17)14-25)13-16-4-2-15(12-21)3-5-16/h2-5,8-9,17-18H,6-7,10-11,13-14H2,1H3. The number of anilines is 1. The Kier molecular flexibility index (Phi) is 4.72. The number of benzene rings is 1. The van der Waals surface area contributed by atoms with E-state index < -0.39 is 0 Å². The number of fused-ring (bicyclic) bond motifs is 1. The zero-order chi connectivity index (χ0) is 17.9. The van der Waals surface area contributed by atoms with Crippen molar-refractivity contribution in [3.63, 3.8) is 0 Å². The maximum Gasteiger partial charge on any atom is 0.257 e. The highest BCUT2D eigenvalue weighted by Crippen LogP contribution is 2.35. The lowest BCUT2D eigenvalue weighted by atomic mass is 9.92. The third-order valence-corrected chi connectivity index (χ3v) is 5.59. The maximum absolute atomic E-state index is 8.96. The van der Waals surface area contributed by atoms with Gasteiger partial charge in [0.25, 0.3) is 5.88 Å². The lowest BCUT2D eigenvalue weighted by Gasteiger charge is -2.39. The lowest BCUT2D eigenvalue weighted by molar-refractivity contribution is 0.200. The van der Waals surface area contributed by atoms with Crippen molar-refractivity contribution >= 4 is 5.82 Å². The normalized spacial score (nSPS) is 22.7. The second-order valence-corrected chi connectivity index (χ2v) is 7.02. The van der Waals surface area contributed by atoms with Gasteiger partial charge in [-0.05, 0) is 43.0 Å². The van der Waals surface area contributed by atoms with Gasteiger partial charge in [0, 0.05) is 38.1 Å². The zero-order valence-electron chi connectivity index (χ0n) is 15.0. The smallest absolute Gasteiger partial charge is 0.257 e. The predicted molar refractivity (Wildman–Crippen MR) is 98.9 cm³/mol. The van der Waals surface area contributed by atoms with Crippen LogP contribution in [-0.4, -0.2) is 47.7 Å². The van der Waals surface area contributed by atoms with E-state index in [2.05, 4.69) is 38.0 Å². The van der Waals surface area contributed by atoms with E-state index in [0.29, 0.717) is 17.5 Å². The molecule has 3 heterocycles. The topological polar surface area (TPSA) is 65.3 Å². The number of nitriles is 1. The quantitative estimate of drug-likeness (QED) is 0.845. The van der Waals surface area contributed by atoms with Crippen molar-refractivity contribution < 1.29 is 4.74 Å². The van der Waals surface area contributed by atoms with E-state index in [4.69, 9.17) is 10.00 Å². The van der Waals surface area contributed by atoms with Crippen LogP contribution in [-0.2, 0) is 6.54 Å². The van der Waals surface area contributed by atoms with Gasteiger partial charge in [-0.2, -0.15) is 5.26 Å². The van der Waals surface area contributed by atoms with E-state index in [0.717, 1.165) is 37.9 Å². The molecule has 2 atom stereocenters. The Balaban J connectivity index is 1.49. The van der Waals surface area contributed by atoms with Gasteiger partial charge in [0.15, 0.2) is 5.82 Å². The minimum absolute atomic E-state index is 0.520. The summed E-state index contributed by atoms with van der Waals surface area (Å²) < 4.78 is 5.40. The first kappa shape index (κ1) is 16.8. The van der Waals surface area contributed by atoms with Gasteiger partial charge in [0.1, 0.15) is 0 Å². The molecule has 0 saturated carbocycles. The van der Waals surface area contributed by atoms with E-state index in [1.807, 2.05) is 12.1 Å². The van der Waals surface area contributed by atoms with Crippen LogP contribution in [0.25, 0.3) is 0 Å². The van der Waals surface area contributed by atoms with Crippen LogP contribution in [0.4, 0.5) is 5.82 Å².